The van der Waals surface area contributed by atoms with Crippen LogP contribution in [0.3, 0.4) is 0 Å². The van der Waals surface area contributed by atoms with Gasteiger partial charge in [0, 0.05) is 25.3 Å². The van der Waals surface area contributed by atoms with Crippen LogP contribution >= 0.6 is 12.4 Å². The summed E-state index contributed by atoms with van der Waals surface area (Å²) in [7, 11) is 0. The van der Waals surface area contributed by atoms with Gasteiger partial charge >= 0.3 is 0 Å². The number of nitrogens with zero attached hydrogens (tertiary/aromatic N) is 3. The molecule has 0 radical (unpaired) electrons. The van der Waals surface area contributed by atoms with Gasteiger partial charge in [0.05, 0.1) is 11.4 Å². The Balaban J connectivity index is 0.00000161. The summed E-state index contributed by atoms with van der Waals surface area (Å²) in [5, 5.41) is 4.34. The average molecular weight is 311 g/mol. The van der Waals surface area contributed by atoms with Crippen molar-refractivity contribution in [1.29, 1.82) is 0 Å². The molecule has 6 heteroatoms. The van der Waals surface area contributed by atoms with E-state index in [0.717, 1.165) is 43.9 Å². The Morgan fingerprint density at radius 3 is 2.71 bits per heavy atom. The number of benzene rings is 1. The number of rotatable bonds is 3. The molecule has 1 aromatic heterocycles. The van der Waals surface area contributed by atoms with Gasteiger partial charge in [0.15, 0.2) is 0 Å². The minimum Gasteiger partial charge on any atom is -0.327 e. The summed E-state index contributed by atoms with van der Waals surface area (Å²) in [6.07, 6.45) is 4.03. The molecule has 4 nitrogen and oxygen atoms in total. The van der Waals surface area contributed by atoms with Crippen LogP contribution in [0.2, 0.25) is 0 Å². The Morgan fingerprint density at radius 2 is 2.00 bits per heavy atom. The van der Waals surface area contributed by atoms with Crippen molar-refractivity contribution in [1.82, 2.24) is 14.7 Å². The van der Waals surface area contributed by atoms with Crippen molar-refractivity contribution in [2.75, 3.05) is 13.1 Å². The van der Waals surface area contributed by atoms with E-state index in [1.165, 1.54) is 12.1 Å². The molecule has 2 aromatic rings. The highest BCUT2D eigenvalue weighted by atomic mass is 35.5. The predicted octanol–water partition coefficient (Wildman–Crippen LogP) is 2.36. The third-order valence-electron chi connectivity index (χ3n) is 3.72. The molecule has 21 heavy (non-hydrogen) atoms. The van der Waals surface area contributed by atoms with Gasteiger partial charge < -0.3 is 5.73 Å². The molecule has 1 atom stereocenters. The highest BCUT2D eigenvalue weighted by molar-refractivity contribution is 5.85. The van der Waals surface area contributed by atoms with Gasteiger partial charge in [-0.3, -0.25) is 4.90 Å². The van der Waals surface area contributed by atoms with E-state index in [1.807, 2.05) is 10.7 Å². The van der Waals surface area contributed by atoms with Crippen LogP contribution in [0, 0.1) is 5.82 Å². The lowest BCUT2D eigenvalue weighted by Crippen LogP contribution is -2.42. The maximum absolute atomic E-state index is 13.0. The normalized spacial score (nSPS) is 19.2. The minimum atomic E-state index is -0.232. The minimum absolute atomic E-state index is 0. The van der Waals surface area contributed by atoms with Crippen LogP contribution in [0.25, 0.3) is 5.69 Å². The van der Waals surface area contributed by atoms with Crippen molar-refractivity contribution in [2.24, 2.45) is 5.73 Å². The molecular weight excluding hydrogens is 291 g/mol. The number of halogens is 2. The Kier molecular flexibility index (Phi) is 5.33. The van der Waals surface area contributed by atoms with E-state index in [9.17, 15) is 4.39 Å². The lowest BCUT2D eigenvalue weighted by Gasteiger charge is -2.30. The largest absolute Gasteiger partial charge is 0.327 e. The molecule has 0 amide bonds. The topological polar surface area (TPSA) is 47.1 Å². The summed E-state index contributed by atoms with van der Waals surface area (Å²) in [5.74, 6) is -0.232. The van der Waals surface area contributed by atoms with E-state index in [-0.39, 0.29) is 24.3 Å². The Morgan fingerprint density at radius 1 is 1.24 bits per heavy atom. The summed E-state index contributed by atoms with van der Waals surface area (Å²) in [4.78, 5) is 2.35. The van der Waals surface area contributed by atoms with Crippen molar-refractivity contribution < 1.29 is 4.39 Å². The van der Waals surface area contributed by atoms with Crippen molar-refractivity contribution in [3.63, 3.8) is 0 Å². The van der Waals surface area contributed by atoms with Crippen LogP contribution < -0.4 is 5.73 Å². The summed E-state index contributed by atoms with van der Waals surface area (Å²) in [6, 6.07) is 8.67. The van der Waals surface area contributed by atoms with E-state index < -0.39 is 0 Å². The van der Waals surface area contributed by atoms with Crippen LogP contribution in [-0.4, -0.2) is 33.8 Å². The predicted molar refractivity (Wildman–Crippen MR) is 83.3 cm³/mol. The summed E-state index contributed by atoms with van der Waals surface area (Å²) < 4.78 is 14.9. The fourth-order valence-electron chi connectivity index (χ4n) is 2.73. The zero-order chi connectivity index (χ0) is 13.9. The second kappa shape index (κ2) is 7.02. The zero-order valence-electron chi connectivity index (χ0n) is 11.8. The maximum Gasteiger partial charge on any atom is 0.123 e. The third kappa shape index (κ3) is 3.81. The number of nitrogens with two attached hydrogens (primary N) is 1. The zero-order valence-corrected chi connectivity index (χ0v) is 12.6. The van der Waals surface area contributed by atoms with Gasteiger partial charge in [-0.1, -0.05) is 0 Å². The van der Waals surface area contributed by atoms with E-state index >= 15 is 0 Å². The number of hydrogen-bond acceptors (Lipinski definition) is 3. The van der Waals surface area contributed by atoms with Crippen molar-refractivity contribution in [3.05, 3.63) is 48.0 Å². The lowest BCUT2D eigenvalue weighted by atomic mass is 10.1. The SMILES string of the molecule is Cl.N[C@@H]1CCCN(Cc2ccnn2-c2ccc(F)cc2)C1. The summed E-state index contributed by atoms with van der Waals surface area (Å²) >= 11 is 0. The molecule has 0 spiro atoms. The maximum atomic E-state index is 13.0. The van der Waals surface area contributed by atoms with E-state index in [0.29, 0.717) is 0 Å². The van der Waals surface area contributed by atoms with Gasteiger partial charge in [-0.25, -0.2) is 9.07 Å². The number of hydrogen-bond donors (Lipinski definition) is 1. The number of piperidine rings is 1. The molecule has 1 aliphatic rings. The molecule has 1 aliphatic heterocycles. The molecule has 1 fully saturated rings. The lowest BCUT2D eigenvalue weighted by molar-refractivity contribution is 0.198. The third-order valence-corrected chi connectivity index (χ3v) is 3.72. The molecule has 2 heterocycles. The van der Waals surface area contributed by atoms with Gasteiger partial charge in [-0.05, 0) is 49.7 Å². The quantitative estimate of drug-likeness (QED) is 0.946. The van der Waals surface area contributed by atoms with Crippen LogP contribution in [0.15, 0.2) is 36.5 Å². The van der Waals surface area contributed by atoms with Crippen molar-refractivity contribution in [2.45, 2.75) is 25.4 Å². The molecule has 0 bridgehead atoms. The molecule has 1 saturated heterocycles. The van der Waals surface area contributed by atoms with Gasteiger partial charge in [-0.2, -0.15) is 5.10 Å². The highest BCUT2D eigenvalue weighted by Gasteiger charge is 2.18. The molecule has 1 aromatic carbocycles. The molecule has 0 unspecified atom stereocenters. The van der Waals surface area contributed by atoms with Gasteiger partial charge in [-0.15, -0.1) is 12.4 Å². The number of aromatic nitrogens is 2. The van der Waals surface area contributed by atoms with Crippen LogP contribution in [0.1, 0.15) is 18.5 Å². The fraction of sp³-hybridized carbons (Fsp3) is 0.400. The summed E-state index contributed by atoms with van der Waals surface area (Å²) in [6.45, 7) is 2.82. The van der Waals surface area contributed by atoms with Crippen molar-refractivity contribution in [3.8, 4) is 5.69 Å². The molecule has 2 N–H and O–H groups in total. The molecule has 114 valence electrons. The van der Waals surface area contributed by atoms with E-state index in [4.69, 9.17) is 5.73 Å². The first kappa shape index (κ1) is 15.9. The molecule has 0 saturated carbocycles. The highest BCUT2D eigenvalue weighted by Crippen LogP contribution is 2.16. The average Bonchev–Trinajstić information content (AvgIpc) is 2.88. The molecule has 3 rings (SSSR count). The van der Waals surface area contributed by atoms with Gasteiger partial charge in [0.2, 0.25) is 0 Å². The fourth-order valence-corrected chi connectivity index (χ4v) is 2.73. The van der Waals surface area contributed by atoms with Crippen LogP contribution in [-0.2, 0) is 6.54 Å². The first-order chi connectivity index (χ1) is 9.72. The van der Waals surface area contributed by atoms with E-state index in [1.54, 1.807) is 18.3 Å². The standard InChI is InChI=1S/C15H19FN4.ClH/c16-12-3-5-14(6-4-12)20-15(7-8-18-20)11-19-9-1-2-13(17)10-19;/h3-8,13H,1-2,9-11,17H2;1H/t13-;/m1./s1. The molecular formula is C15H20ClFN4. The van der Waals surface area contributed by atoms with Gasteiger partial charge in [0.25, 0.3) is 0 Å². The Hall–Kier alpha value is -1.43. The monoisotopic (exact) mass is 310 g/mol. The van der Waals surface area contributed by atoms with Crippen LogP contribution in [0.4, 0.5) is 4.39 Å². The van der Waals surface area contributed by atoms with Crippen LogP contribution in [0.5, 0.6) is 0 Å². The van der Waals surface area contributed by atoms with E-state index in [2.05, 4.69) is 10.00 Å². The second-order valence-electron chi connectivity index (χ2n) is 5.35. The molecule has 0 aliphatic carbocycles. The summed E-state index contributed by atoms with van der Waals surface area (Å²) in [5.41, 5.74) is 8.00. The Labute approximate surface area is 130 Å². The van der Waals surface area contributed by atoms with Gasteiger partial charge in [0.1, 0.15) is 5.82 Å². The Bertz CT molecular complexity index is 569. The number of likely N-dealkylation sites (tertiary alicyclic amines) is 1. The van der Waals surface area contributed by atoms with Crippen molar-refractivity contribution >= 4 is 12.4 Å². The smallest absolute Gasteiger partial charge is 0.123 e. The first-order valence-corrected chi connectivity index (χ1v) is 6.99. The first-order valence-electron chi connectivity index (χ1n) is 6.99. The second-order valence-corrected chi connectivity index (χ2v) is 5.35.